The quantitative estimate of drug-likeness (QED) is 0.786. The molecule has 0 N–H and O–H groups in total. The van der Waals surface area contributed by atoms with Gasteiger partial charge in [-0.1, -0.05) is 6.07 Å². The van der Waals surface area contributed by atoms with Gasteiger partial charge in [0.15, 0.2) is 0 Å². The first kappa shape index (κ1) is 16.4. The van der Waals surface area contributed by atoms with E-state index in [2.05, 4.69) is 4.98 Å². The summed E-state index contributed by atoms with van der Waals surface area (Å²) in [5.74, 6) is -0.253. The average Bonchev–Trinajstić information content (AvgIpc) is 2.72. The highest BCUT2D eigenvalue weighted by Gasteiger charge is 2.49. The highest BCUT2D eigenvalue weighted by Crippen LogP contribution is 2.30. The van der Waals surface area contributed by atoms with Crippen molar-refractivity contribution in [3.8, 4) is 0 Å². The Labute approximate surface area is 130 Å². The molecule has 1 aromatic rings. The molecule has 1 fully saturated rings. The van der Waals surface area contributed by atoms with Gasteiger partial charge in [-0.25, -0.2) is 4.79 Å². The number of carbonyl (C=O) groups excluding carboxylic acids is 2. The third-order valence-electron chi connectivity index (χ3n) is 3.30. The molecule has 2 rings (SSSR count). The standard InChI is InChI=1S/C16H22N2O4/c1-15(2,3)22-14(20)18-12(10-21-16(18,4)5)13(19)11-8-6-7-9-17-11/h6-9,12H,10H2,1-5H3/t12-/m0/s1. The Kier molecular flexibility index (Phi) is 4.24. The zero-order valence-electron chi connectivity index (χ0n) is 13.6. The molecule has 0 saturated carbocycles. The van der Waals surface area contributed by atoms with Crippen LogP contribution in [-0.4, -0.2) is 45.7 Å². The summed E-state index contributed by atoms with van der Waals surface area (Å²) in [5, 5.41) is 0. The van der Waals surface area contributed by atoms with Crippen molar-refractivity contribution in [3.63, 3.8) is 0 Å². The Morgan fingerprint density at radius 1 is 1.36 bits per heavy atom. The summed E-state index contributed by atoms with van der Waals surface area (Å²) in [7, 11) is 0. The minimum absolute atomic E-state index is 0.127. The minimum Gasteiger partial charge on any atom is -0.444 e. The Morgan fingerprint density at radius 3 is 2.59 bits per heavy atom. The smallest absolute Gasteiger partial charge is 0.413 e. The number of aromatic nitrogens is 1. The van der Waals surface area contributed by atoms with Crippen LogP contribution >= 0.6 is 0 Å². The Hall–Kier alpha value is -1.95. The van der Waals surface area contributed by atoms with Crippen LogP contribution in [0.15, 0.2) is 24.4 Å². The lowest BCUT2D eigenvalue weighted by Gasteiger charge is -2.34. The molecule has 22 heavy (non-hydrogen) atoms. The zero-order valence-corrected chi connectivity index (χ0v) is 13.6. The maximum atomic E-state index is 12.6. The van der Waals surface area contributed by atoms with Gasteiger partial charge in [-0.15, -0.1) is 0 Å². The number of Topliss-reactive ketones (excluding diaryl/α,β-unsaturated/α-hetero) is 1. The number of ether oxygens (including phenoxy) is 2. The van der Waals surface area contributed by atoms with Crippen LogP contribution in [0, 0.1) is 0 Å². The van der Waals surface area contributed by atoms with E-state index in [9.17, 15) is 9.59 Å². The molecule has 1 aliphatic heterocycles. The molecule has 2 heterocycles. The summed E-state index contributed by atoms with van der Waals surface area (Å²) >= 11 is 0. The molecule has 1 aromatic heterocycles. The predicted molar refractivity (Wildman–Crippen MR) is 80.5 cm³/mol. The molecule has 6 nitrogen and oxygen atoms in total. The van der Waals surface area contributed by atoms with E-state index in [0.29, 0.717) is 5.69 Å². The van der Waals surface area contributed by atoms with Gasteiger partial charge >= 0.3 is 6.09 Å². The lowest BCUT2D eigenvalue weighted by molar-refractivity contribution is -0.0615. The highest BCUT2D eigenvalue weighted by atomic mass is 16.6. The molecule has 120 valence electrons. The van der Waals surface area contributed by atoms with Crippen molar-refractivity contribution in [2.75, 3.05) is 6.61 Å². The third kappa shape index (κ3) is 3.44. The van der Waals surface area contributed by atoms with Crippen molar-refractivity contribution in [2.24, 2.45) is 0 Å². The fourth-order valence-electron chi connectivity index (χ4n) is 2.33. The second kappa shape index (κ2) is 5.68. The van der Waals surface area contributed by atoms with Crippen LogP contribution < -0.4 is 0 Å². The number of hydrogen-bond donors (Lipinski definition) is 0. The fourth-order valence-corrected chi connectivity index (χ4v) is 2.33. The van der Waals surface area contributed by atoms with Crippen LogP contribution in [0.1, 0.15) is 45.1 Å². The number of ketones is 1. The van der Waals surface area contributed by atoms with E-state index >= 15 is 0 Å². The Morgan fingerprint density at radius 2 is 2.05 bits per heavy atom. The molecule has 0 unspecified atom stereocenters. The lowest BCUT2D eigenvalue weighted by atomic mass is 10.1. The van der Waals surface area contributed by atoms with Gasteiger partial charge in [-0.2, -0.15) is 0 Å². The maximum Gasteiger partial charge on any atom is 0.413 e. The van der Waals surface area contributed by atoms with Crippen molar-refractivity contribution in [1.29, 1.82) is 0 Å². The van der Waals surface area contributed by atoms with Crippen LogP contribution in [-0.2, 0) is 9.47 Å². The first-order valence-electron chi connectivity index (χ1n) is 7.23. The van der Waals surface area contributed by atoms with Gasteiger partial charge in [0.05, 0.1) is 6.61 Å². The van der Waals surface area contributed by atoms with Crippen molar-refractivity contribution in [2.45, 2.75) is 52.0 Å². The highest BCUT2D eigenvalue weighted by molar-refractivity contribution is 6.00. The van der Waals surface area contributed by atoms with Crippen LogP contribution in [0.4, 0.5) is 4.79 Å². The number of nitrogens with zero attached hydrogens (tertiary/aromatic N) is 2. The summed E-state index contributed by atoms with van der Waals surface area (Å²) in [4.78, 5) is 30.5. The fraction of sp³-hybridized carbons (Fsp3) is 0.562. The predicted octanol–water partition coefficient (Wildman–Crippen LogP) is 2.64. The minimum atomic E-state index is -0.905. The lowest BCUT2D eigenvalue weighted by Crippen LogP contribution is -2.52. The van der Waals surface area contributed by atoms with E-state index in [4.69, 9.17) is 9.47 Å². The van der Waals surface area contributed by atoms with Crippen molar-refractivity contribution in [1.82, 2.24) is 9.88 Å². The van der Waals surface area contributed by atoms with Gasteiger partial charge in [0.1, 0.15) is 23.1 Å². The molecule has 0 bridgehead atoms. The summed E-state index contributed by atoms with van der Waals surface area (Å²) in [6, 6.07) is 4.36. The normalized spacial score (nSPS) is 20.8. The van der Waals surface area contributed by atoms with E-state index in [1.54, 1.807) is 59.0 Å². The van der Waals surface area contributed by atoms with Gasteiger partial charge in [-0.05, 0) is 46.8 Å². The maximum absolute atomic E-state index is 12.6. The average molecular weight is 306 g/mol. The second-order valence-electron chi connectivity index (χ2n) is 6.70. The van der Waals surface area contributed by atoms with E-state index in [1.165, 1.54) is 4.90 Å². The SMILES string of the molecule is CC(C)(C)OC(=O)N1[C@H](C(=O)c2ccccn2)COC1(C)C. The molecule has 0 aliphatic carbocycles. The van der Waals surface area contributed by atoms with Gasteiger partial charge in [0.25, 0.3) is 0 Å². The van der Waals surface area contributed by atoms with Crippen molar-refractivity contribution in [3.05, 3.63) is 30.1 Å². The number of pyridine rings is 1. The van der Waals surface area contributed by atoms with Crippen molar-refractivity contribution < 1.29 is 19.1 Å². The molecule has 1 aliphatic rings. The van der Waals surface area contributed by atoms with Crippen molar-refractivity contribution >= 4 is 11.9 Å². The molecule has 1 saturated heterocycles. The summed E-state index contributed by atoms with van der Waals surface area (Å²) < 4.78 is 11.0. The van der Waals surface area contributed by atoms with Crippen LogP contribution in [0.2, 0.25) is 0 Å². The molecule has 0 aromatic carbocycles. The van der Waals surface area contributed by atoms with E-state index in [0.717, 1.165) is 0 Å². The molecule has 0 radical (unpaired) electrons. The van der Waals surface area contributed by atoms with Gasteiger partial charge < -0.3 is 9.47 Å². The van der Waals surface area contributed by atoms with Gasteiger partial charge in [0.2, 0.25) is 5.78 Å². The Bertz CT molecular complexity index is 563. The molecule has 0 spiro atoms. The van der Waals surface area contributed by atoms with E-state index in [-0.39, 0.29) is 12.4 Å². The zero-order chi connectivity index (χ0) is 16.5. The van der Waals surface area contributed by atoms with Crippen LogP contribution in [0.25, 0.3) is 0 Å². The molecular weight excluding hydrogens is 284 g/mol. The summed E-state index contributed by atoms with van der Waals surface area (Å²) in [5.41, 5.74) is -1.24. The van der Waals surface area contributed by atoms with Crippen LogP contribution in [0.5, 0.6) is 0 Å². The van der Waals surface area contributed by atoms with E-state index in [1.807, 2.05) is 0 Å². The summed E-state index contributed by atoms with van der Waals surface area (Å²) in [6.07, 6.45) is 0.982. The van der Waals surface area contributed by atoms with Crippen LogP contribution in [0.3, 0.4) is 0 Å². The summed E-state index contributed by atoms with van der Waals surface area (Å²) in [6.45, 7) is 8.95. The number of hydrogen-bond acceptors (Lipinski definition) is 5. The van der Waals surface area contributed by atoms with E-state index < -0.39 is 23.5 Å². The third-order valence-corrected chi connectivity index (χ3v) is 3.30. The molecular formula is C16H22N2O4. The second-order valence-corrected chi connectivity index (χ2v) is 6.70. The largest absolute Gasteiger partial charge is 0.444 e. The number of rotatable bonds is 2. The monoisotopic (exact) mass is 306 g/mol. The first-order chi connectivity index (χ1) is 10.1. The first-order valence-corrected chi connectivity index (χ1v) is 7.23. The molecule has 6 heteroatoms. The molecule has 1 amide bonds. The number of amides is 1. The molecule has 1 atom stereocenters. The number of carbonyl (C=O) groups is 2. The Balaban J connectivity index is 2.27. The topological polar surface area (TPSA) is 68.7 Å². The van der Waals surface area contributed by atoms with Gasteiger partial charge in [0, 0.05) is 6.20 Å². The van der Waals surface area contributed by atoms with Gasteiger partial charge in [-0.3, -0.25) is 14.7 Å².